The summed E-state index contributed by atoms with van der Waals surface area (Å²) >= 11 is 7.99. The van der Waals surface area contributed by atoms with Crippen molar-refractivity contribution in [1.29, 1.82) is 0 Å². The first-order valence-electron chi connectivity index (χ1n) is 14.9. The van der Waals surface area contributed by atoms with E-state index in [1.165, 1.54) is 80.9 Å². The number of benzene rings is 3. The maximum atomic E-state index is 6.79. The van der Waals surface area contributed by atoms with Gasteiger partial charge in [0, 0.05) is 5.25 Å². The van der Waals surface area contributed by atoms with Crippen LogP contribution in [-0.2, 0) is 24.6 Å². The van der Waals surface area contributed by atoms with Gasteiger partial charge in [0.15, 0.2) is 0 Å². The molecular formula is C34H47O2PS2. The molecule has 5 heteroatoms. The zero-order valence-corrected chi connectivity index (χ0v) is 26.7. The number of hydrogen-bond acceptors (Lipinski definition) is 4. The van der Waals surface area contributed by atoms with Crippen LogP contribution in [0.2, 0.25) is 0 Å². The molecule has 2 nitrogen and oxygen atoms in total. The highest BCUT2D eigenvalue weighted by molar-refractivity contribution is 8.68. The third-order valence-electron chi connectivity index (χ3n) is 7.02. The molecule has 3 aromatic carbocycles. The van der Waals surface area contributed by atoms with Gasteiger partial charge in [-0.2, -0.15) is 0 Å². The van der Waals surface area contributed by atoms with E-state index in [9.17, 15) is 0 Å². The molecule has 0 aliphatic carbocycles. The Morgan fingerprint density at radius 3 is 1.54 bits per heavy atom. The van der Waals surface area contributed by atoms with E-state index in [1.807, 2.05) is 12.1 Å². The van der Waals surface area contributed by atoms with Gasteiger partial charge in [0.2, 0.25) is 0 Å². The Kier molecular flexibility index (Phi) is 14.5. The van der Waals surface area contributed by atoms with E-state index in [0.717, 1.165) is 24.3 Å². The zero-order valence-electron chi connectivity index (χ0n) is 24.1. The molecule has 0 bridgehead atoms. The van der Waals surface area contributed by atoms with Crippen molar-refractivity contribution in [1.82, 2.24) is 0 Å². The summed E-state index contributed by atoms with van der Waals surface area (Å²) in [5, 5.41) is 0.152. The maximum Gasteiger partial charge on any atom is 0.349 e. The summed E-state index contributed by atoms with van der Waals surface area (Å²) in [6, 6.07) is 27.3. The summed E-state index contributed by atoms with van der Waals surface area (Å²) in [6.45, 7) is 6.72. The van der Waals surface area contributed by atoms with E-state index in [4.69, 9.17) is 20.9 Å². The fourth-order valence-electron chi connectivity index (χ4n) is 4.72. The third-order valence-corrected chi connectivity index (χ3v) is 12.1. The lowest BCUT2D eigenvalue weighted by molar-refractivity contribution is 0.495. The largest absolute Gasteiger partial charge is 0.428 e. The summed E-state index contributed by atoms with van der Waals surface area (Å²) in [5.41, 5.74) is 0.897. The fraction of sp³-hybridized carbons (Fsp3) is 0.471. The number of hydrogen-bond donors (Lipinski definition) is 0. The highest BCUT2D eigenvalue weighted by Crippen LogP contribution is 2.65. The molecule has 0 heterocycles. The fourth-order valence-corrected chi connectivity index (χ4v) is 10.3. The summed E-state index contributed by atoms with van der Waals surface area (Å²) in [6.07, 6.45) is 14.5. The molecule has 0 saturated carbocycles. The standard InChI is InChI=1S/C34H47O2PS2/c1-4-6-8-10-13-23-31-25-17-19-27-33(31)35-37(38,39-29(3)30-21-15-12-16-22-30)36-34-28-20-18-26-32(34)24-14-11-9-7-5-2/h12,15-22,25-29H,4-11,13-14,23-24H2,1-3H3. The molecule has 0 N–H and O–H groups in total. The van der Waals surface area contributed by atoms with E-state index in [1.54, 1.807) is 11.4 Å². The highest BCUT2D eigenvalue weighted by atomic mass is 32.9. The molecular weight excluding hydrogens is 535 g/mol. The van der Waals surface area contributed by atoms with Gasteiger partial charge in [0.25, 0.3) is 0 Å². The Morgan fingerprint density at radius 2 is 1.05 bits per heavy atom. The molecule has 212 valence electrons. The van der Waals surface area contributed by atoms with Gasteiger partial charge >= 0.3 is 5.69 Å². The molecule has 0 amide bonds. The first-order chi connectivity index (χ1) is 19.0. The molecule has 1 atom stereocenters. The lowest BCUT2D eigenvalue weighted by Gasteiger charge is -2.27. The molecule has 1 unspecified atom stereocenters. The van der Waals surface area contributed by atoms with E-state index in [2.05, 4.69) is 87.5 Å². The maximum absolute atomic E-state index is 6.79. The van der Waals surface area contributed by atoms with Crippen LogP contribution in [-0.4, -0.2) is 0 Å². The lowest BCUT2D eigenvalue weighted by Crippen LogP contribution is -2.04. The molecule has 0 radical (unpaired) electrons. The topological polar surface area (TPSA) is 18.5 Å². The number of aryl methyl sites for hydroxylation is 2. The van der Waals surface area contributed by atoms with Crippen LogP contribution in [0, 0.1) is 0 Å². The third kappa shape index (κ3) is 11.3. The van der Waals surface area contributed by atoms with Crippen molar-refractivity contribution in [2.45, 2.75) is 103 Å². The minimum Gasteiger partial charge on any atom is -0.428 e. The van der Waals surface area contributed by atoms with Gasteiger partial charge in [-0.1, -0.05) is 132 Å². The van der Waals surface area contributed by atoms with Crippen LogP contribution in [0.1, 0.15) is 107 Å². The monoisotopic (exact) mass is 582 g/mol. The van der Waals surface area contributed by atoms with E-state index in [-0.39, 0.29) is 5.25 Å². The number of rotatable bonds is 19. The molecule has 39 heavy (non-hydrogen) atoms. The first kappa shape index (κ1) is 31.8. The van der Waals surface area contributed by atoms with Gasteiger partial charge < -0.3 is 9.05 Å². The summed E-state index contributed by atoms with van der Waals surface area (Å²) in [5.74, 6) is 1.75. The average molecular weight is 583 g/mol. The summed E-state index contributed by atoms with van der Waals surface area (Å²) in [4.78, 5) is 0. The van der Waals surface area contributed by atoms with E-state index < -0.39 is 5.69 Å². The molecule has 0 saturated heterocycles. The van der Waals surface area contributed by atoms with Crippen LogP contribution >= 0.6 is 17.1 Å². The first-order valence-corrected chi connectivity index (χ1v) is 19.0. The lowest BCUT2D eigenvalue weighted by atomic mass is 10.0. The van der Waals surface area contributed by atoms with Gasteiger partial charge in [-0.05, 0) is 84.6 Å². The number of unbranched alkanes of at least 4 members (excludes halogenated alkanes) is 8. The Bertz CT molecular complexity index is 1070. The molecule has 0 aromatic heterocycles. The average Bonchev–Trinajstić information content (AvgIpc) is 2.95. The van der Waals surface area contributed by atoms with Crippen molar-refractivity contribution in [2.24, 2.45) is 0 Å². The van der Waals surface area contributed by atoms with Crippen LogP contribution in [0.15, 0.2) is 78.9 Å². The summed E-state index contributed by atoms with van der Waals surface area (Å²) in [7, 11) is 0. The van der Waals surface area contributed by atoms with Crippen molar-refractivity contribution < 1.29 is 9.05 Å². The van der Waals surface area contributed by atoms with Crippen molar-refractivity contribution in [3.8, 4) is 11.5 Å². The predicted octanol–water partition coefficient (Wildman–Crippen LogP) is 11.9. The van der Waals surface area contributed by atoms with Crippen molar-refractivity contribution in [2.75, 3.05) is 0 Å². The second-order valence-corrected chi connectivity index (χ2v) is 16.7. The molecule has 0 aliphatic heterocycles. The van der Waals surface area contributed by atoms with Crippen molar-refractivity contribution >= 4 is 28.9 Å². The van der Waals surface area contributed by atoms with Crippen molar-refractivity contribution in [3.05, 3.63) is 95.6 Å². The molecule has 3 rings (SSSR count). The predicted molar refractivity (Wildman–Crippen MR) is 176 cm³/mol. The van der Waals surface area contributed by atoms with Crippen LogP contribution in [0.3, 0.4) is 0 Å². The Morgan fingerprint density at radius 1 is 0.615 bits per heavy atom. The van der Waals surface area contributed by atoms with Gasteiger partial charge in [0.1, 0.15) is 11.5 Å². The van der Waals surface area contributed by atoms with Gasteiger partial charge in [-0.3, -0.25) is 0 Å². The Labute approximate surface area is 247 Å². The van der Waals surface area contributed by atoms with E-state index >= 15 is 0 Å². The van der Waals surface area contributed by atoms with Crippen LogP contribution in [0.5, 0.6) is 11.5 Å². The molecule has 0 spiro atoms. The van der Waals surface area contributed by atoms with Gasteiger partial charge in [-0.25, -0.2) is 0 Å². The quantitative estimate of drug-likeness (QED) is 0.103. The zero-order chi connectivity index (χ0) is 27.8. The second-order valence-electron chi connectivity index (χ2n) is 10.3. The normalized spacial score (nSPS) is 12.3. The second kappa shape index (κ2) is 17.8. The van der Waals surface area contributed by atoms with Crippen LogP contribution in [0.4, 0.5) is 0 Å². The Hall–Kier alpha value is -1.74. The van der Waals surface area contributed by atoms with Crippen LogP contribution in [0.25, 0.3) is 0 Å². The van der Waals surface area contributed by atoms with Crippen LogP contribution < -0.4 is 9.05 Å². The van der Waals surface area contributed by atoms with Gasteiger partial charge in [-0.15, -0.1) is 0 Å². The van der Waals surface area contributed by atoms with Crippen molar-refractivity contribution in [3.63, 3.8) is 0 Å². The Balaban J connectivity index is 1.82. The SMILES string of the molecule is CCCCCCCc1ccccc1OP(=S)(Oc1ccccc1CCCCCCC)SC(C)c1ccccc1. The minimum atomic E-state index is -2.79. The molecule has 0 fully saturated rings. The smallest absolute Gasteiger partial charge is 0.349 e. The van der Waals surface area contributed by atoms with Gasteiger partial charge in [0.05, 0.1) is 0 Å². The molecule has 3 aromatic rings. The highest BCUT2D eigenvalue weighted by Gasteiger charge is 2.29. The number of para-hydroxylation sites is 2. The minimum absolute atomic E-state index is 0.152. The van der Waals surface area contributed by atoms with E-state index in [0.29, 0.717) is 0 Å². The molecule has 0 aliphatic rings. The summed E-state index contributed by atoms with van der Waals surface area (Å²) < 4.78 is 13.6.